The van der Waals surface area contributed by atoms with Crippen molar-refractivity contribution in [2.75, 3.05) is 6.61 Å². The molecule has 1 aliphatic carbocycles. The van der Waals surface area contributed by atoms with Gasteiger partial charge in [0, 0.05) is 11.8 Å². The average molecular weight is 226 g/mol. The molecule has 0 aliphatic heterocycles. The van der Waals surface area contributed by atoms with E-state index in [0.717, 1.165) is 6.42 Å². The molecule has 16 heavy (non-hydrogen) atoms. The second-order valence-corrected chi connectivity index (χ2v) is 6.13. The SMILES string of the molecule is CCCC(=O)OC[C@@]1(C)CC[C@@H](C)C1(C)C. The number of ether oxygens (including phenoxy) is 1. The lowest BCUT2D eigenvalue weighted by Gasteiger charge is -2.40. The van der Waals surface area contributed by atoms with Gasteiger partial charge in [0.2, 0.25) is 0 Å². The maximum atomic E-state index is 11.4. The molecule has 2 heteroatoms. The van der Waals surface area contributed by atoms with Crippen molar-refractivity contribution in [3.63, 3.8) is 0 Å². The first kappa shape index (κ1) is 13.5. The third-order valence-corrected chi connectivity index (χ3v) is 4.92. The number of esters is 1. The van der Waals surface area contributed by atoms with E-state index < -0.39 is 0 Å². The van der Waals surface area contributed by atoms with Crippen molar-refractivity contribution >= 4 is 5.97 Å². The van der Waals surface area contributed by atoms with Crippen LogP contribution in [0.25, 0.3) is 0 Å². The highest BCUT2D eigenvalue weighted by atomic mass is 16.5. The normalized spacial score (nSPS) is 32.7. The van der Waals surface area contributed by atoms with Gasteiger partial charge in [-0.15, -0.1) is 0 Å². The molecule has 0 aromatic carbocycles. The van der Waals surface area contributed by atoms with Gasteiger partial charge < -0.3 is 4.74 Å². The Hall–Kier alpha value is -0.530. The minimum atomic E-state index is -0.0425. The quantitative estimate of drug-likeness (QED) is 0.682. The fourth-order valence-electron chi connectivity index (χ4n) is 2.59. The van der Waals surface area contributed by atoms with E-state index in [-0.39, 0.29) is 16.8 Å². The highest BCUT2D eigenvalue weighted by Gasteiger charge is 2.50. The Kier molecular flexibility index (Phi) is 4.03. The predicted octanol–water partition coefficient (Wildman–Crippen LogP) is 3.79. The summed E-state index contributed by atoms with van der Waals surface area (Å²) >= 11 is 0. The Morgan fingerprint density at radius 2 is 2.00 bits per heavy atom. The van der Waals surface area contributed by atoms with Crippen LogP contribution < -0.4 is 0 Å². The van der Waals surface area contributed by atoms with Crippen LogP contribution in [0, 0.1) is 16.7 Å². The third kappa shape index (κ3) is 2.41. The van der Waals surface area contributed by atoms with Crippen molar-refractivity contribution in [3.05, 3.63) is 0 Å². The number of carbonyl (C=O) groups is 1. The van der Waals surface area contributed by atoms with Crippen LogP contribution in [-0.4, -0.2) is 12.6 Å². The first-order chi connectivity index (χ1) is 7.33. The molecule has 1 rings (SSSR count). The first-order valence-electron chi connectivity index (χ1n) is 6.49. The number of rotatable bonds is 4. The summed E-state index contributed by atoms with van der Waals surface area (Å²) in [5.74, 6) is 0.668. The molecule has 0 amide bonds. The molecule has 0 N–H and O–H groups in total. The van der Waals surface area contributed by atoms with Crippen LogP contribution in [0.5, 0.6) is 0 Å². The summed E-state index contributed by atoms with van der Waals surface area (Å²) in [7, 11) is 0. The Morgan fingerprint density at radius 1 is 1.38 bits per heavy atom. The number of hydrogen-bond acceptors (Lipinski definition) is 2. The van der Waals surface area contributed by atoms with Crippen LogP contribution in [-0.2, 0) is 9.53 Å². The van der Waals surface area contributed by atoms with E-state index in [1.807, 2.05) is 6.92 Å². The van der Waals surface area contributed by atoms with Crippen molar-refractivity contribution in [1.82, 2.24) is 0 Å². The average Bonchev–Trinajstić information content (AvgIpc) is 2.41. The smallest absolute Gasteiger partial charge is 0.305 e. The fraction of sp³-hybridized carbons (Fsp3) is 0.929. The Balaban J connectivity index is 2.56. The summed E-state index contributed by atoms with van der Waals surface area (Å²) in [4.78, 5) is 11.4. The molecular formula is C14H26O2. The second kappa shape index (κ2) is 4.77. The standard InChI is InChI=1S/C14H26O2/c1-6-7-12(15)16-10-14(5)9-8-11(2)13(14,3)4/h11H,6-10H2,1-5H3/t11-,14-/m1/s1. The molecule has 0 heterocycles. The first-order valence-corrected chi connectivity index (χ1v) is 6.49. The van der Waals surface area contributed by atoms with Gasteiger partial charge in [0.25, 0.3) is 0 Å². The van der Waals surface area contributed by atoms with Gasteiger partial charge >= 0.3 is 5.97 Å². The van der Waals surface area contributed by atoms with Crippen LogP contribution in [0.3, 0.4) is 0 Å². The van der Waals surface area contributed by atoms with Crippen molar-refractivity contribution < 1.29 is 9.53 Å². The van der Waals surface area contributed by atoms with E-state index in [1.165, 1.54) is 12.8 Å². The highest BCUT2D eigenvalue weighted by Crippen LogP contribution is 2.55. The van der Waals surface area contributed by atoms with E-state index in [4.69, 9.17) is 4.74 Å². The van der Waals surface area contributed by atoms with Crippen molar-refractivity contribution in [2.24, 2.45) is 16.7 Å². The van der Waals surface area contributed by atoms with Crippen molar-refractivity contribution in [3.8, 4) is 0 Å². The number of carbonyl (C=O) groups excluding carboxylic acids is 1. The lowest BCUT2D eigenvalue weighted by atomic mass is 9.66. The van der Waals surface area contributed by atoms with Crippen LogP contribution >= 0.6 is 0 Å². The minimum Gasteiger partial charge on any atom is -0.465 e. The largest absolute Gasteiger partial charge is 0.465 e. The molecular weight excluding hydrogens is 200 g/mol. The molecule has 0 unspecified atom stereocenters. The Bertz CT molecular complexity index is 257. The Labute approximate surface area is 99.8 Å². The van der Waals surface area contributed by atoms with Gasteiger partial charge in [-0.05, 0) is 30.6 Å². The van der Waals surface area contributed by atoms with E-state index in [2.05, 4.69) is 27.7 Å². The predicted molar refractivity (Wildman–Crippen MR) is 66.2 cm³/mol. The van der Waals surface area contributed by atoms with E-state index >= 15 is 0 Å². The summed E-state index contributed by atoms with van der Waals surface area (Å²) in [5.41, 5.74) is 0.412. The monoisotopic (exact) mass is 226 g/mol. The van der Waals surface area contributed by atoms with E-state index in [1.54, 1.807) is 0 Å². The summed E-state index contributed by atoms with van der Waals surface area (Å²) in [6.07, 6.45) is 3.83. The molecule has 1 fully saturated rings. The fourth-order valence-corrected chi connectivity index (χ4v) is 2.59. The summed E-state index contributed by atoms with van der Waals surface area (Å²) < 4.78 is 5.41. The van der Waals surface area contributed by atoms with E-state index in [9.17, 15) is 4.79 Å². The topological polar surface area (TPSA) is 26.3 Å². The zero-order valence-corrected chi connectivity index (χ0v) is 11.4. The van der Waals surface area contributed by atoms with Gasteiger partial charge in [-0.1, -0.05) is 34.6 Å². The molecule has 0 aromatic rings. The molecule has 0 radical (unpaired) electrons. The molecule has 1 saturated carbocycles. The minimum absolute atomic E-state index is 0.0425. The zero-order valence-electron chi connectivity index (χ0n) is 11.4. The van der Waals surface area contributed by atoms with Gasteiger partial charge in [-0.2, -0.15) is 0 Å². The molecule has 0 bridgehead atoms. The Morgan fingerprint density at radius 3 is 2.44 bits per heavy atom. The molecule has 0 saturated heterocycles. The maximum Gasteiger partial charge on any atom is 0.305 e. The van der Waals surface area contributed by atoms with Crippen LogP contribution in [0.4, 0.5) is 0 Å². The van der Waals surface area contributed by atoms with Gasteiger partial charge in [0.15, 0.2) is 0 Å². The van der Waals surface area contributed by atoms with Gasteiger partial charge in [0.1, 0.15) is 0 Å². The van der Waals surface area contributed by atoms with Gasteiger partial charge in [-0.25, -0.2) is 0 Å². The zero-order chi connectivity index (χ0) is 12.4. The van der Waals surface area contributed by atoms with Crippen LogP contribution in [0.15, 0.2) is 0 Å². The number of hydrogen-bond donors (Lipinski definition) is 0. The second-order valence-electron chi connectivity index (χ2n) is 6.13. The van der Waals surface area contributed by atoms with Gasteiger partial charge in [-0.3, -0.25) is 4.79 Å². The lowest BCUT2D eigenvalue weighted by Crippen LogP contribution is -2.37. The van der Waals surface area contributed by atoms with E-state index in [0.29, 0.717) is 18.9 Å². The van der Waals surface area contributed by atoms with Crippen molar-refractivity contribution in [2.45, 2.75) is 60.3 Å². The third-order valence-electron chi connectivity index (χ3n) is 4.92. The highest BCUT2D eigenvalue weighted by molar-refractivity contribution is 5.69. The lowest BCUT2D eigenvalue weighted by molar-refractivity contribution is -0.149. The van der Waals surface area contributed by atoms with Gasteiger partial charge in [0.05, 0.1) is 6.61 Å². The van der Waals surface area contributed by atoms with Crippen molar-refractivity contribution in [1.29, 1.82) is 0 Å². The summed E-state index contributed by atoms with van der Waals surface area (Å²) in [5, 5.41) is 0. The summed E-state index contributed by atoms with van der Waals surface area (Å²) in [6.45, 7) is 11.8. The molecule has 94 valence electrons. The molecule has 2 atom stereocenters. The van der Waals surface area contributed by atoms with Crippen LogP contribution in [0.1, 0.15) is 60.3 Å². The van der Waals surface area contributed by atoms with Crippen LogP contribution in [0.2, 0.25) is 0 Å². The molecule has 0 spiro atoms. The maximum absolute atomic E-state index is 11.4. The molecule has 0 aromatic heterocycles. The molecule has 1 aliphatic rings. The molecule has 2 nitrogen and oxygen atoms in total. The summed E-state index contributed by atoms with van der Waals surface area (Å²) in [6, 6.07) is 0.